The van der Waals surface area contributed by atoms with Gasteiger partial charge in [0.15, 0.2) is 0 Å². The molecule has 0 bridgehead atoms. The second kappa shape index (κ2) is 4.89. The largest absolute Gasteiger partial charge is 0.389 e. The summed E-state index contributed by atoms with van der Waals surface area (Å²) >= 11 is 0. The van der Waals surface area contributed by atoms with Gasteiger partial charge in [0, 0.05) is 13.1 Å². The van der Waals surface area contributed by atoms with E-state index in [-0.39, 0.29) is 5.60 Å². The maximum Gasteiger partial charge on any atom is 0.0774 e. The molecular weight excluding hydrogens is 210 g/mol. The Morgan fingerprint density at radius 3 is 2.41 bits per heavy atom. The molecule has 3 aliphatic rings. The molecule has 3 fully saturated rings. The van der Waals surface area contributed by atoms with E-state index in [0.717, 1.165) is 31.2 Å². The molecule has 17 heavy (non-hydrogen) atoms. The van der Waals surface area contributed by atoms with Gasteiger partial charge in [-0.15, -0.1) is 0 Å². The Morgan fingerprint density at radius 1 is 0.941 bits per heavy atom. The highest BCUT2D eigenvalue weighted by molar-refractivity contribution is 4.91. The van der Waals surface area contributed by atoms with Gasteiger partial charge in [-0.05, 0) is 44.1 Å². The predicted octanol–water partition coefficient (Wildman–Crippen LogP) is 2.80. The van der Waals surface area contributed by atoms with E-state index in [1.54, 1.807) is 0 Å². The average Bonchev–Trinajstić information content (AvgIpc) is 2.76. The molecule has 2 atom stereocenters. The van der Waals surface area contributed by atoms with E-state index in [9.17, 15) is 5.11 Å². The van der Waals surface area contributed by atoms with Crippen LogP contribution in [0.2, 0.25) is 0 Å². The van der Waals surface area contributed by atoms with Crippen LogP contribution >= 0.6 is 0 Å². The molecule has 2 aliphatic carbocycles. The van der Waals surface area contributed by atoms with Crippen LogP contribution in [0.4, 0.5) is 0 Å². The topological polar surface area (TPSA) is 23.5 Å². The fourth-order valence-corrected chi connectivity index (χ4v) is 4.43. The number of hydrogen-bond acceptors (Lipinski definition) is 2. The fraction of sp³-hybridized carbons (Fsp3) is 1.00. The van der Waals surface area contributed by atoms with E-state index in [1.807, 2.05) is 0 Å². The molecule has 2 nitrogen and oxygen atoms in total. The van der Waals surface area contributed by atoms with Gasteiger partial charge in [0.2, 0.25) is 0 Å². The van der Waals surface area contributed by atoms with Crippen LogP contribution in [0.1, 0.15) is 57.8 Å². The summed E-state index contributed by atoms with van der Waals surface area (Å²) < 4.78 is 0. The van der Waals surface area contributed by atoms with Crippen LogP contribution in [0.5, 0.6) is 0 Å². The Hall–Kier alpha value is -0.0800. The third-order valence-corrected chi connectivity index (χ3v) is 5.43. The summed E-state index contributed by atoms with van der Waals surface area (Å²) in [5.74, 6) is 1.96. The lowest BCUT2D eigenvalue weighted by Crippen LogP contribution is -2.48. The summed E-state index contributed by atoms with van der Waals surface area (Å²) in [6, 6.07) is 0. The molecule has 1 heterocycles. The minimum atomic E-state index is -0.332. The highest BCUT2D eigenvalue weighted by Gasteiger charge is 2.37. The number of likely N-dealkylation sites (tertiary alicyclic amines) is 1. The van der Waals surface area contributed by atoms with Gasteiger partial charge >= 0.3 is 0 Å². The Kier molecular flexibility index (Phi) is 3.45. The molecule has 2 unspecified atom stereocenters. The maximum absolute atomic E-state index is 10.5. The predicted molar refractivity (Wildman–Crippen MR) is 69.9 cm³/mol. The SMILES string of the molecule is OC1(CN2CCC3CCCCC3C2)CCCC1. The van der Waals surface area contributed by atoms with E-state index in [4.69, 9.17) is 0 Å². The monoisotopic (exact) mass is 237 g/mol. The third kappa shape index (κ3) is 2.68. The lowest BCUT2D eigenvalue weighted by Gasteiger charge is -2.43. The zero-order chi connectivity index (χ0) is 11.7. The number of aliphatic hydroxyl groups is 1. The zero-order valence-corrected chi connectivity index (χ0v) is 11.0. The van der Waals surface area contributed by atoms with Gasteiger partial charge in [0.1, 0.15) is 0 Å². The van der Waals surface area contributed by atoms with Crippen molar-refractivity contribution >= 4 is 0 Å². The molecule has 1 N–H and O–H groups in total. The number of hydrogen-bond donors (Lipinski definition) is 1. The molecule has 2 saturated carbocycles. The maximum atomic E-state index is 10.5. The molecule has 0 aromatic carbocycles. The summed E-state index contributed by atoms with van der Waals surface area (Å²) in [4.78, 5) is 2.57. The molecule has 1 saturated heterocycles. The summed E-state index contributed by atoms with van der Waals surface area (Å²) in [6.07, 6.45) is 11.8. The van der Waals surface area contributed by atoms with Crippen LogP contribution in [0.3, 0.4) is 0 Å². The van der Waals surface area contributed by atoms with Crippen molar-refractivity contribution in [1.29, 1.82) is 0 Å². The van der Waals surface area contributed by atoms with Gasteiger partial charge in [-0.25, -0.2) is 0 Å². The molecule has 0 aromatic rings. The van der Waals surface area contributed by atoms with E-state index >= 15 is 0 Å². The van der Waals surface area contributed by atoms with Gasteiger partial charge in [0.25, 0.3) is 0 Å². The second-order valence-corrected chi connectivity index (χ2v) is 6.76. The van der Waals surface area contributed by atoms with Crippen molar-refractivity contribution in [3.63, 3.8) is 0 Å². The van der Waals surface area contributed by atoms with Crippen molar-refractivity contribution < 1.29 is 5.11 Å². The summed E-state index contributed by atoms with van der Waals surface area (Å²) in [7, 11) is 0. The number of rotatable bonds is 2. The first-order chi connectivity index (χ1) is 8.25. The number of piperidine rings is 1. The normalized spacial score (nSPS) is 37.9. The Bertz CT molecular complexity index is 260. The van der Waals surface area contributed by atoms with Crippen LogP contribution in [0, 0.1) is 11.8 Å². The minimum absolute atomic E-state index is 0.332. The van der Waals surface area contributed by atoms with Gasteiger partial charge in [-0.1, -0.05) is 32.1 Å². The van der Waals surface area contributed by atoms with E-state index in [1.165, 1.54) is 58.0 Å². The van der Waals surface area contributed by atoms with E-state index in [0.29, 0.717) is 0 Å². The van der Waals surface area contributed by atoms with Gasteiger partial charge in [-0.2, -0.15) is 0 Å². The number of fused-ring (bicyclic) bond motifs is 1. The van der Waals surface area contributed by atoms with Crippen LogP contribution in [0.25, 0.3) is 0 Å². The van der Waals surface area contributed by atoms with Gasteiger partial charge < -0.3 is 10.0 Å². The summed E-state index contributed by atoms with van der Waals surface area (Å²) in [6.45, 7) is 3.46. The van der Waals surface area contributed by atoms with Crippen molar-refractivity contribution in [3.05, 3.63) is 0 Å². The molecule has 2 heteroatoms. The van der Waals surface area contributed by atoms with Gasteiger partial charge in [-0.3, -0.25) is 0 Å². The molecule has 0 amide bonds. The quantitative estimate of drug-likeness (QED) is 0.798. The van der Waals surface area contributed by atoms with Crippen molar-refractivity contribution in [2.75, 3.05) is 19.6 Å². The van der Waals surface area contributed by atoms with E-state index < -0.39 is 0 Å². The first-order valence-electron chi connectivity index (χ1n) is 7.70. The molecule has 98 valence electrons. The lowest BCUT2D eigenvalue weighted by atomic mass is 9.75. The summed E-state index contributed by atoms with van der Waals surface area (Å²) in [5.41, 5.74) is -0.332. The van der Waals surface area contributed by atoms with E-state index in [2.05, 4.69) is 4.90 Å². The van der Waals surface area contributed by atoms with Crippen LogP contribution in [-0.2, 0) is 0 Å². The number of nitrogens with zero attached hydrogens (tertiary/aromatic N) is 1. The zero-order valence-electron chi connectivity index (χ0n) is 11.0. The standard InChI is InChI=1S/C15H27NO/c17-15(8-3-4-9-15)12-16-10-7-13-5-1-2-6-14(13)11-16/h13-14,17H,1-12H2. The van der Waals surface area contributed by atoms with Crippen molar-refractivity contribution in [2.45, 2.75) is 63.4 Å². The molecule has 0 spiro atoms. The van der Waals surface area contributed by atoms with Crippen LogP contribution in [0.15, 0.2) is 0 Å². The molecule has 0 radical (unpaired) electrons. The van der Waals surface area contributed by atoms with Crippen LogP contribution in [-0.4, -0.2) is 35.2 Å². The highest BCUT2D eigenvalue weighted by atomic mass is 16.3. The lowest BCUT2D eigenvalue weighted by molar-refractivity contribution is -0.0156. The highest BCUT2D eigenvalue weighted by Crippen LogP contribution is 2.37. The second-order valence-electron chi connectivity index (χ2n) is 6.76. The van der Waals surface area contributed by atoms with Crippen molar-refractivity contribution in [1.82, 2.24) is 4.90 Å². The molecule has 0 aromatic heterocycles. The van der Waals surface area contributed by atoms with Crippen molar-refractivity contribution in [2.24, 2.45) is 11.8 Å². The Morgan fingerprint density at radius 2 is 1.65 bits per heavy atom. The average molecular weight is 237 g/mol. The first-order valence-corrected chi connectivity index (χ1v) is 7.70. The Labute approximate surface area is 105 Å². The fourth-order valence-electron chi connectivity index (χ4n) is 4.43. The smallest absolute Gasteiger partial charge is 0.0774 e. The van der Waals surface area contributed by atoms with Gasteiger partial charge in [0.05, 0.1) is 5.60 Å². The summed E-state index contributed by atoms with van der Waals surface area (Å²) in [5, 5.41) is 10.5. The molecule has 1 aliphatic heterocycles. The third-order valence-electron chi connectivity index (χ3n) is 5.43. The number of β-amino-alcohol motifs (C(OH)–C–C–N with tert-alkyl or cyclic N) is 1. The first kappa shape index (κ1) is 12.0. The van der Waals surface area contributed by atoms with Crippen molar-refractivity contribution in [3.8, 4) is 0 Å². The Balaban J connectivity index is 1.55. The molecule has 3 rings (SSSR count). The van der Waals surface area contributed by atoms with Crippen LogP contribution < -0.4 is 0 Å². The molecular formula is C15H27NO. The minimum Gasteiger partial charge on any atom is -0.389 e.